The molecule has 2 aromatic carbocycles. The Hall–Kier alpha value is -3.12. The van der Waals surface area contributed by atoms with Gasteiger partial charge in [-0.2, -0.15) is 0 Å². The summed E-state index contributed by atoms with van der Waals surface area (Å²) in [4.78, 5) is 2.28. The maximum Gasteiger partial charge on any atom is 0.245 e. The molecule has 0 saturated carbocycles. The number of hydrogen-bond acceptors (Lipinski definition) is 5. The number of allylic oxidation sites excluding steroid dienone is 4. The van der Waals surface area contributed by atoms with E-state index in [4.69, 9.17) is 18.9 Å². The van der Waals surface area contributed by atoms with Gasteiger partial charge in [-0.15, -0.1) is 0 Å². The summed E-state index contributed by atoms with van der Waals surface area (Å²) in [6.07, 6.45) is 24.4. The highest BCUT2D eigenvalue weighted by atomic mass is 35.5. The van der Waals surface area contributed by atoms with Crippen LogP contribution >= 0.6 is 0 Å². The zero-order valence-electron chi connectivity index (χ0n) is 25.0. The van der Waals surface area contributed by atoms with Crippen LogP contribution in [0.5, 0.6) is 23.0 Å². The molecule has 5 rings (SSSR count). The lowest BCUT2D eigenvalue weighted by atomic mass is 10.2. The van der Waals surface area contributed by atoms with Crippen LogP contribution in [0.25, 0.3) is 0 Å². The summed E-state index contributed by atoms with van der Waals surface area (Å²) in [6, 6.07) is 12.4. The number of nitrogens with zero attached hydrogens (tertiary/aromatic N) is 2. The fraction of sp³-hybridized carbons (Fsp3) is 0.514. The second-order valence-corrected chi connectivity index (χ2v) is 11.0. The minimum atomic E-state index is 0. The molecule has 0 saturated heterocycles. The first-order chi connectivity index (χ1) is 20.4. The molecule has 0 atom stereocenters. The summed E-state index contributed by atoms with van der Waals surface area (Å²) >= 11 is 0. The van der Waals surface area contributed by atoms with Gasteiger partial charge in [-0.05, 0) is 101 Å². The van der Waals surface area contributed by atoms with E-state index in [2.05, 4.69) is 64.4 Å². The van der Waals surface area contributed by atoms with Crippen molar-refractivity contribution in [3.8, 4) is 23.0 Å². The van der Waals surface area contributed by atoms with Crippen LogP contribution in [0.15, 0.2) is 60.7 Å². The topological polar surface area (TPSA) is 43.2 Å². The fourth-order valence-corrected chi connectivity index (χ4v) is 5.53. The van der Waals surface area contributed by atoms with E-state index in [9.17, 15) is 0 Å². The first-order valence-corrected chi connectivity index (χ1v) is 15.9. The average Bonchev–Trinajstić information content (AvgIpc) is 3.46. The highest BCUT2D eigenvalue weighted by Gasteiger charge is 2.32. The van der Waals surface area contributed by atoms with Gasteiger partial charge in [0.15, 0.2) is 23.0 Å². The van der Waals surface area contributed by atoms with Crippen LogP contribution in [0.1, 0.15) is 77.0 Å². The van der Waals surface area contributed by atoms with E-state index >= 15 is 0 Å². The van der Waals surface area contributed by atoms with Crippen LogP contribution in [0.3, 0.4) is 0 Å². The van der Waals surface area contributed by atoms with Crippen LogP contribution < -0.4 is 36.3 Å². The Morgan fingerprint density at radius 3 is 1.38 bits per heavy atom. The molecule has 3 aliphatic rings. The van der Waals surface area contributed by atoms with Crippen molar-refractivity contribution < 1.29 is 35.9 Å². The van der Waals surface area contributed by atoms with Gasteiger partial charge in [-0.3, -0.25) is 0 Å². The van der Waals surface area contributed by atoms with Crippen LogP contribution in [0, 0.1) is 0 Å². The minimum Gasteiger partial charge on any atom is -1.00 e. The molecule has 0 radical (unpaired) electrons. The highest BCUT2D eigenvalue weighted by molar-refractivity contribution is 5.85. The Morgan fingerprint density at radius 1 is 0.524 bits per heavy atom. The van der Waals surface area contributed by atoms with Crippen molar-refractivity contribution in [2.24, 2.45) is 0 Å². The van der Waals surface area contributed by atoms with Crippen molar-refractivity contribution in [1.82, 2.24) is 0 Å². The molecule has 0 unspecified atom stereocenters. The first kappa shape index (κ1) is 31.8. The lowest BCUT2D eigenvalue weighted by Gasteiger charge is -2.17. The molecule has 7 heteroatoms. The minimum absolute atomic E-state index is 0. The molecule has 0 N–H and O–H groups in total. The van der Waals surface area contributed by atoms with E-state index in [1.165, 1.54) is 0 Å². The molecule has 0 aliphatic carbocycles. The van der Waals surface area contributed by atoms with Crippen LogP contribution in [0.2, 0.25) is 0 Å². The number of rotatable bonds is 0. The first-order valence-electron chi connectivity index (χ1n) is 15.9. The third kappa shape index (κ3) is 9.19. The smallest absolute Gasteiger partial charge is 0.245 e. The standard InChI is InChI=1S/C35H47N2O4.ClH/c1-2-6-10-14-26-39-31-20-18-22-33-35(31)37-24-23-36(29-37)34-30(38-25-13-9-5-1)19-17-21-32(34)40-27-15-11-7-3-4-8-12-16-28-41-33;/h1-4,17-22,29H,5-16,23-28H2;1H/q+1;/p-1/b2-1+,4-3+;. The van der Waals surface area contributed by atoms with Crippen LogP contribution in [0.4, 0.5) is 11.4 Å². The predicted octanol–water partition coefficient (Wildman–Crippen LogP) is 5.22. The molecule has 0 fully saturated rings. The maximum absolute atomic E-state index is 6.41. The fourth-order valence-electron chi connectivity index (χ4n) is 5.53. The zero-order valence-corrected chi connectivity index (χ0v) is 25.7. The molecular formula is C35H47ClN2O4. The monoisotopic (exact) mass is 594 g/mol. The number of benzene rings is 2. The van der Waals surface area contributed by atoms with Crippen LogP contribution in [-0.2, 0) is 0 Å². The number of hydrogen-bond donors (Lipinski definition) is 0. The predicted molar refractivity (Wildman–Crippen MR) is 167 cm³/mol. The highest BCUT2D eigenvalue weighted by Crippen LogP contribution is 2.42. The lowest BCUT2D eigenvalue weighted by Crippen LogP contribution is -3.00. The number of para-hydroxylation sites is 2. The van der Waals surface area contributed by atoms with Gasteiger partial charge < -0.3 is 31.4 Å². The number of anilines is 1. The van der Waals surface area contributed by atoms with Crippen molar-refractivity contribution in [3.05, 3.63) is 60.7 Å². The molecule has 0 amide bonds. The summed E-state index contributed by atoms with van der Waals surface area (Å²) in [5.74, 6) is 3.51. The van der Waals surface area contributed by atoms with E-state index in [-0.39, 0.29) is 12.4 Å². The molecule has 228 valence electrons. The van der Waals surface area contributed by atoms with Gasteiger partial charge in [-0.1, -0.05) is 36.4 Å². The third-order valence-electron chi connectivity index (χ3n) is 7.78. The summed E-state index contributed by atoms with van der Waals surface area (Å²) in [5, 5.41) is 0. The van der Waals surface area contributed by atoms with Crippen molar-refractivity contribution in [1.29, 1.82) is 0 Å². The summed E-state index contributed by atoms with van der Waals surface area (Å²) < 4.78 is 27.9. The van der Waals surface area contributed by atoms with Crippen molar-refractivity contribution in [3.63, 3.8) is 0 Å². The zero-order chi connectivity index (χ0) is 28.0. The van der Waals surface area contributed by atoms with Gasteiger partial charge in [-0.25, -0.2) is 9.48 Å². The molecule has 2 aromatic rings. The quantitative estimate of drug-likeness (QED) is 0.309. The van der Waals surface area contributed by atoms with E-state index in [1.807, 2.05) is 12.1 Å². The normalized spacial score (nSPS) is 20.7. The Morgan fingerprint density at radius 2 is 0.929 bits per heavy atom. The Kier molecular flexibility index (Phi) is 13.4. The second kappa shape index (κ2) is 17.7. The van der Waals surface area contributed by atoms with Crippen molar-refractivity contribution in [2.45, 2.75) is 77.0 Å². The van der Waals surface area contributed by atoms with E-state index < -0.39 is 0 Å². The molecule has 3 heterocycles. The van der Waals surface area contributed by atoms with E-state index in [1.54, 1.807) is 0 Å². The van der Waals surface area contributed by atoms with Crippen molar-refractivity contribution in [2.75, 3.05) is 44.4 Å². The van der Waals surface area contributed by atoms with Gasteiger partial charge >= 0.3 is 0 Å². The number of ether oxygens (including phenoxy) is 4. The molecule has 6 nitrogen and oxygen atoms in total. The third-order valence-corrected chi connectivity index (χ3v) is 7.78. The second-order valence-electron chi connectivity index (χ2n) is 11.0. The molecule has 42 heavy (non-hydrogen) atoms. The largest absolute Gasteiger partial charge is 1.00 e. The molecule has 3 aliphatic heterocycles. The molecular weight excluding hydrogens is 548 g/mol. The van der Waals surface area contributed by atoms with E-state index in [0.29, 0.717) is 26.4 Å². The molecule has 4 bridgehead atoms. The van der Waals surface area contributed by atoms with Gasteiger partial charge in [0.1, 0.15) is 13.1 Å². The molecule has 0 aromatic heterocycles. The van der Waals surface area contributed by atoms with Gasteiger partial charge in [0, 0.05) is 0 Å². The van der Waals surface area contributed by atoms with E-state index in [0.717, 1.165) is 125 Å². The van der Waals surface area contributed by atoms with Gasteiger partial charge in [0.2, 0.25) is 17.7 Å². The summed E-state index contributed by atoms with van der Waals surface area (Å²) in [5.41, 5.74) is 2.01. The molecule has 0 spiro atoms. The van der Waals surface area contributed by atoms with Gasteiger partial charge in [0.05, 0.1) is 26.4 Å². The Bertz CT molecular complexity index is 1130. The average molecular weight is 595 g/mol. The Balaban J connectivity index is 0.00000405. The summed E-state index contributed by atoms with van der Waals surface area (Å²) in [7, 11) is 0. The van der Waals surface area contributed by atoms with Gasteiger partial charge in [0.25, 0.3) is 0 Å². The lowest BCUT2D eigenvalue weighted by molar-refractivity contribution is -0.425. The number of halogens is 1. The van der Waals surface area contributed by atoms with Crippen LogP contribution in [-0.4, -0.2) is 50.4 Å². The Labute approximate surface area is 258 Å². The van der Waals surface area contributed by atoms with Crippen molar-refractivity contribution >= 4 is 17.7 Å². The maximum atomic E-state index is 6.41. The summed E-state index contributed by atoms with van der Waals surface area (Å²) in [6.45, 7) is 4.43. The SMILES string of the molecule is C1=[N+]2CCN1c1c3cccc1OCCCC/C=C/CCCCOc1cccc(c12)OCCCC/C=C/CCCCO3.[Cl-].